The highest BCUT2D eigenvalue weighted by Gasteiger charge is 2.38. The molecule has 1 amide bonds. The summed E-state index contributed by atoms with van der Waals surface area (Å²) >= 11 is 7.58. The van der Waals surface area contributed by atoms with E-state index in [0.29, 0.717) is 50.1 Å². The van der Waals surface area contributed by atoms with Crippen LogP contribution in [0.2, 0.25) is 5.02 Å². The molecule has 12 nitrogen and oxygen atoms in total. The number of rotatable bonds is 8. The van der Waals surface area contributed by atoms with Crippen LogP contribution in [0.1, 0.15) is 5.56 Å². The van der Waals surface area contributed by atoms with E-state index in [4.69, 9.17) is 42.1 Å². The lowest BCUT2D eigenvalue weighted by molar-refractivity contribution is -0.192. The first-order chi connectivity index (χ1) is 17.5. The summed E-state index contributed by atoms with van der Waals surface area (Å²) in [5, 5.41) is 29.9. The Balaban J connectivity index is 0.000000604. The van der Waals surface area contributed by atoms with E-state index in [1.807, 2.05) is 0 Å². The largest absolute Gasteiger partial charge is 0.490 e. The molecule has 0 aliphatic rings. The Hall–Kier alpha value is -4.02. The summed E-state index contributed by atoms with van der Waals surface area (Å²) in [5.74, 6) is -2.44. The van der Waals surface area contributed by atoms with Crippen molar-refractivity contribution in [1.29, 1.82) is 5.41 Å². The normalized spacial score (nSPS) is 10.6. The Kier molecular flexibility index (Phi) is 10.5. The standard InChI is InChI=1S/C18H18ClN7O3S.C2HF3O2/c1-28-6-7-29-18(27)24-14-8-10(4-5-22-14)16-25-26-17(30-16)23-13-3-2-12(21)11(9-20)15(13)19;3-2(4,5)1(6)7/h2-5,8-9,20H,6-7,21H2,1H3,(H,23,26)(H,22,24,27);(H,6,7). The van der Waals surface area contributed by atoms with E-state index in [9.17, 15) is 18.0 Å². The number of hydrogen-bond acceptors (Lipinski definition) is 11. The number of carbonyl (C=O) groups is 2. The molecule has 0 spiro atoms. The number of ether oxygens (including phenoxy) is 2. The zero-order valence-corrected chi connectivity index (χ0v) is 20.4. The molecule has 2 aromatic heterocycles. The number of hydrogen-bond donors (Lipinski definition) is 5. The molecule has 3 aromatic rings. The number of carboxylic acid groups (broad SMARTS) is 1. The van der Waals surface area contributed by atoms with Crippen molar-refractivity contribution in [2.45, 2.75) is 6.18 Å². The number of methoxy groups -OCH3 is 1. The molecular formula is C20H19ClF3N7O5S. The quantitative estimate of drug-likeness (QED) is 0.150. The number of halogens is 4. The summed E-state index contributed by atoms with van der Waals surface area (Å²) in [5.41, 5.74) is 7.93. The predicted molar refractivity (Wildman–Crippen MR) is 131 cm³/mol. The van der Waals surface area contributed by atoms with Crippen LogP contribution in [0.5, 0.6) is 0 Å². The van der Waals surface area contributed by atoms with Crippen LogP contribution in [-0.4, -0.2) is 65.1 Å². The Labute approximate surface area is 216 Å². The minimum absolute atomic E-state index is 0.140. The van der Waals surface area contributed by atoms with Crippen molar-refractivity contribution >= 4 is 63.5 Å². The van der Waals surface area contributed by atoms with E-state index in [2.05, 4.69) is 25.8 Å². The summed E-state index contributed by atoms with van der Waals surface area (Å²) in [6, 6.07) is 6.76. The number of carboxylic acids is 1. The minimum atomic E-state index is -5.08. The molecule has 2 heterocycles. The SMILES string of the molecule is COCCOC(=O)Nc1cc(-c2nnc(Nc3ccc(N)c(C=N)c3Cl)s2)ccn1.O=C(O)C(F)(F)F. The van der Waals surface area contributed by atoms with E-state index < -0.39 is 18.2 Å². The summed E-state index contributed by atoms with van der Waals surface area (Å²) in [6.45, 7) is 0.446. The molecule has 0 radical (unpaired) electrons. The number of nitrogens with two attached hydrogens (primary N) is 1. The lowest BCUT2D eigenvalue weighted by atomic mass is 10.1. The third kappa shape index (κ3) is 8.85. The maximum Gasteiger partial charge on any atom is 0.490 e. The molecule has 0 atom stereocenters. The Morgan fingerprint density at radius 3 is 2.59 bits per heavy atom. The van der Waals surface area contributed by atoms with Crippen LogP contribution in [0.15, 0.2) is 30.5 Å². The average molecular weight is 562 g/mol. The smallest absolute Gasteiger partial charge is 0.475 e. The number of nitrogens with zero attached hydrogens (tertiary/aromatic N) is 3. The predicted octanol–water partition coefficient (Wildman–Crippen LogP) is 4.41. The van der Waals surface area contributed by atoms with E-state index in [1.54, 1.807) is 30.5 Å². The molecule has 0 bridgehead atoms. The minimum Gasteiger partial charge on any atom is -0.475 e. The maximum atomic E-state index is 11.7. The number of nitrogen functional groups attached to an aromatic ring is 1. The summed E-state index contributed by atoms with van der Waals surface area (Å²) in [6.07, 6.45) is -3.07. The van der Waals surface area contributed by atoms with Crippen LogP contribution < -0.4 is 16.4 Å². The fraction of sp³-hybridized carbons (Fsp3) is 0.200. The number of nitrogens with one attached hydrogen (secondary N) is 3. The van der Waals surface area contributed by atoms with Crippen molar-refractivity contribution in [1.82, 2.24) is 15.2 Å². The first kappa shape index (κ1) is 29.2. The molecule has 37 heavy (non-hydrogen) atoms. The van der Waals surface area contributed by atoms with Crippen molar-refractivity contribution in [2.24, 2.45) is 0 Å². The van der Waals surface area contributed by atoms with E-state index in [-0.39, 0.29) is 6.61 Å². The van der Waals surface area contributed by atoms with Crippen LogP contribution in [0, 0.1) is 5.41 Å². The van der Waals surface area contributed by atoms with Gasteiger partial charge in [0.05, 0.1) is 17.3 Å². The number of amides is 1. The average Bonchev–Trinajstić information content (AvgIpc) is 3.30. The van der Waals surface area contributed by atoms with Crippen LogP contribution in [0.4, 0.5) is 40.3 Å². The third-order valence-corrected chi connectivity index (χ3v) is 5.32. The van der Waals surface area contributed by atoms with Gasteiger partial charge in [0, 0.05) is 36.3 Å². The number of aromatic nitrogens is 3. The summed E-state index contributed by atoms with van der Waals surface area (Å²) < 4.78 is 41.5. The fourth-order valence-corrected chi connectivity index (χ4v) is 3.37. The number of aliphatic carboxylic acids is 1. The highest BCUT2D eigenvalue weighted by atomic mass is 35.5. The van der Waals surface area contributed by atoms with Gasteiger partial charge < -0.3 is 31.0 Å². The van der Waals surface area contributed by atoms with Crippen molar-refractivity contribution in [2.75, 3.05) is 36.7 Å². The topological polar surface area (TPSA) is 185 Å². The highest BCUT2D eigenvalue weighted by molar-refractivity contribution is 7.18. The summed E-state index contributed by atoms with van der Waals surface area (Å²) in [7, 11) is 1.52. The van der Waals surface area contributed by atoms with Gasteiger partial charge in [0.15, 0.2) is 0 Å². The first-order valence-electron chi connectivity index (χ1n) is 9.84. The Morgan fingerprint density at radius 1 is 1.27 bits per heavy atom. The molecule has 1 aromatic carbocycles. The van der Waals surface area contributed by atoms with Gasteiger partial charge in [-0.05, 0) is 24.3 Å². The molecule has 17 heteroatoms. The van der Waals surface area contributed by atoms with Gasteiger partial charge in [0.25, 0.3) is 0 Å². The first-order valence-corrected chi connectivity index (χ1v) is 11.0. The molecular weight excluding hydrogens is 543 g/mol. The lowest BCUT2D eigenvalue weighted by Crippen LogP contribution is -2.21. The number of benzene rings is 1. The van der Waals surface area contributed by atoms with Gasteiger partial charge in [-0.15, -0.1) is 10.2 Å². The Bertz CT molecular complexity index is 1260. The zero-order valence-electron chi connectivity index (χ0n) is 18.8. The molecule has 0 fully saturated rings. The molecule has 0 saturated carbocycles. The van der Waals surface area contributed by atoms with Crippen molar-refractivity contribution in [3.63, 3.8) is 0 Å². The second kappa shape index (κ2) is 13.3. The van der Waals surface area contributed by atoms with Crippen molar-refractivity contribution in [3.05, 3.63) is 41.0 Å². The fourth-order valence-electron chi connectivity index (χ4n) is 2.35. The van der Waals surface area contributed by atoms with E-state index >= 15 is 0 Å². The molecule has 3 rings (SSSR count). The molecule has 0 aliphatic carbocycles. The second-order valence-electron chi connectivity index (χ2n) is 6.60. The lowest BCUT2D eigenvalue weighted by Gasteiger charge is -2.09. The highest BCUT2D eigenvalue weighted by Crippen LogP contribution is 2.34. The molecule has 0 saturated heterocycles. The number of carbonyl (C=O) groups excluding carboxylic acids is 1. The number of alkyl halides is 3. The van der Waals surface area contributed by atoms with Crippen LogP contribution in [0.25, 0.3) is 10.6 Å². The van der Waals surface area contributed by atoms with Gasteiger partial charge in [-0.3, -0.25) is 5.32 Å². The van der Waals surface area contributed by atoms with E-state index in [0.717, 1.165) is 6.21 Å². The molecule has 0 unspecified atom stereocenters. The van der Waals surface area contributed by atoms with Gasteiger partial charge in [-0.2, -0.15) is 13.2 Å². The maximum absolute atomic E-state index is 11.7. The van der Waals surface area contributed by atoms with Crippen molar-refractivity contribution < 1.29 is 37.3 Å². The zero-order chi connectivity index (χ0) is 27.6. The molecule has 0 aliphatic heterocycles. The monoisotopic (exact) mass is 561 g/mol. The molecule has 6 N–H and O–H groups in total. The van der Waals surface area contributed by atoms with Crippen LogP contribution in [0.3, 0.4) is 0 Å². The van der Waals surface area contributed by atoms with Gasteiger partial charge in [-0.1, -0.05) is 22.9 Å². The van der Waals surface area contributed by atoms with Crippen LogP contribution in [-0.2, 0) is 14.3 Å². The number of anilines is 4. The number of pyridine rings is 1. The Morgan fingerprint density at radius 2 is 1.97 bits per heavy atom. The van der Waals surface area contributed by atoms with Gasteiger partial charge >= 0.3 is 18.2 Å². The van der Waals surface area contributed by atoms with Gasteiger partial charge in [0.2, 0.25) is 5.13 Å². The van der Waals surface area contributed by atoms with Crippen LogP contribution >= 0.6 is 22.9 Å². The molecule has 198 valence electrons. The van der Waals surface area contributed by atoms with Gasteiger partial charge in [0.1, 0.15) is 17.4 Å². The van der Waals surface area contributed by atoms with Crippen molar-refractivity contribution in [3.8, 4) is 10.6 Å². The van der Waals surface area contributed by atoms with Gasteiger partial charge in [-0.25, -0.2) is 14.6 Å². The van der Waals surface area contributed by atoms with E-state index in [1.165, 1.54) is 18.4 Å². The second-order valence-corrected chi connectivity index (χ2v) is 7.95. The third-order valence-electron chi connectivity index (χ3n) is 4.02. The summed E-state index contributed by atoms with van der Waals surface area (Å²) in [4.78, 5) is 24.7.